The van der Waals surface area contributed by atoms with Crippen LogP contribution in [-0.4, -0.2) is 32.1 Å². The third-order valence-corrected chi connectivity index (χ3v) is 4.07. The molecule has 1 aromatic carbocycles. The summed E-state index contributed by atoms with van der Waals surface area (Å²) in [6, 6.07) is 6.87. The smallest absolute Gasteiger partial charge is 0.122 e. The maximum Gasteiger partial charge on any atom is 0.122 e. The first-order valence-electron chi connectivity index (χ1n) is 6.77. The summed E-state index contributed by atoms with van der Waals surface area (Å²) < 4.78 is 5.48. The summed E-state index contributed by atoms with van der Waals surface area (Å²) in [6.07, 6.45) is 2.17. The SMILES string of the molecule is CCc1c(OC)cccc1C1CC(CN)CN1C. The van der Waals surface area contributed by atoms with E-state index in [1.54, 1.807) is 7.11 Å². The maximum absolute atomic E-state index is 5.81. The highest BCUT2D eigenvalue weighted by atomic mass is 16.5. The molecule has 0 bridgehead atoms. The number of ether oxygens (including phenoxy) is 1. The van der Waals surface area contributed by atoms with Crippen LogP contribution in [0.5, 0.6) is 5.75 Å². The Kier molecular flexibility index (Phi) is 4.25. The molecule has 3 heteroatoms. The molecule has 2 atom stereocenters. The van der Waals surface area contributed by atoms with Crippen LogP contribution in [-0.2, 0) is 6.42 Å². The molecule has 0 aliphatic carbocycles. The van der Waals surface area contributed by atoms with E-state index >= 15 is 0 Å². The zero-order chi connectivity index (χ0) is 13.1. The summed E-state index contributed by atoms with van der Waals surface area (Å²) in [5.41, 5.74) is 8.57. The van der Waals surface area contributed by atoms with Crippen molar-refractivity contribution in [3.8, 4) is 5.75 Å². The van der Waals surface area contributed by atoms with Gasteiger partial charge < -0.3 is 10.5 Å². The Bertz CT molecular complexity index is 405. The van der Waals surface area contributed by atoms with E-state index in [0.29, 0.717) is 12.0 Å². The predicted molar refractivity (Wildman–Crippen MR) is 74.9 cm³/mol. The van der Waals surface area contributed by atoms with E-state index in [1.807, 2.05) is 0 Å². The molecule has 1 aliphatic heterocycles. The van der Waals surface area contributed by atoms with Gasteiger partial charge in [-0.15, -0.1) is 0 Å². The van der Waals surface area contributed by atoms with Gasteiger partial charge in [-0.25, -0.2) is 0 Å². The second-order valence-corrected chi connectivity index (χ2v) is 5.17. The third kappa shape index (κ3) is 2.38. The van der Waals surface area contributed by atoms with Crippen molar-refractivity contribution < 1.29 is 4.74 Å². The maximum atomic E-state index is 5.81. The van der Waals surface area contributed by atoms with Crippen LogP contribution in [0.15, 0.2) is 18.2 Å². The molecule has 0 radical (unpaired) electrons. The summed E-state index contributed by atoms with van der Waals surface area (Å²) in [7, 11) is 3.94. The highest BCUT2D eigenvalue weighted by Crippen LogP contribution is 2.38. The minimum Gasteiger partial charge on any atom is -0.496 e. The van der Waals surface area contributed by atoms with Crippen LogP contribution < -0.4 is 10.5 Å². The molecule has 1 aromatic rings. The third-order valence-electron chi connectivity index (χ3n) is 4.07. The van der Waals surface area contributed by atoms with Crippen molar-refractivity contribution in [3.05, 3.63) is 29.3 Å². The standard InChI is InChI=1S/C15H24N2O/c1-4-12-13(6-5-7-15(12)18-3)14-8-11(9-16)10-17(14)2/h5-7,11,14H,4,8-10,16H2,1-3H3. The number of hydrogen-bond acceptors (Lipinski definition) is 3. The van der Waals surface area contributed by atoms with E-state index in [0.717, 1.165) is 31.7 Å². The second kappa shape index (κ2) is 5.72. The summed E-state index contributed by atoms with van der Waals surface area (Å²) >= 11 is 0. The van der Waals surface area contributed by atoms with Crippen LogP contribution in [0, 0.1) is 5.92 Å². The van der Waals surface area contributed by atoms with Crippen LogP contribution in [0.25, 0.3) is 0 Å². The molecule has 0 spiro atoms. The molecule has 1 heterocycles. The Morgan fingerprint density at radius 1 is 1.44 bits per heavy atom. The number of benzene rings is 1. The Labute approximate surface area is 110 Å². The van der Waals surface area contributed by atoms with Crippen molar-refractivity contribution in [1.82, 2.24) is 4.90 Å². The normalized spacial score (nSPS) is 24.4. The average Bonchev–Trinajstić information content (AvgIpc) is 2.78. The average molecular weight is 248 g/mol. The van der Waals surface area contributed by atoms with Gasteiger partial charge in [-0.1, -0.05) is 19.1 Å². The fraction of sp³-hybridized carbons (Fsp3) is 0.600. The van der Waals surface area contributed by atoms with Gasteiger partial charge in [0.25, 0.3) is 0 Å². The Balaban J connectivity index is 2.33. The van der Waals surface area contributed by atoms with Crippen molar-refractivity contribution in [3.63, 3.8) is 0 Å². The zero-order valence-corrected chi connectivity index (χ0v) is 11.6. The van der Waals surface area contributed by atoms with Crippen LogP contribution in [0.4, 0.5) is 0 Å². The van der Waals surface area contributed by atoms with E-state index in [1.165, 1.54) is 11.1 Å². The molecule has 100 valence electrons. The highest BCUT2D eigenvalue weighted by Gasteiger charge is 2.31. The predicted octanol–water partition coefficient (Wildman–Crippen LogP) is 2.21. The summed E-state index contributed by atoms with van der Waals surface area (Å²) in [5, 5.41) is 0. The van der Waals surface area contributed by atoms with E-state index in [-0.39, 0.29) is 0 Å². The number of methoxy groups -OCH3 is 1. The van der Waals surface area contributed by atoms with Gasteiger partial charge in [-0.3, -0.25) is 4.90 Å². The monoisotopic (exact) mass is 248 g/mol. The largest absolute Gasteiger partial charge is 0.496 e. The van der Waals surface area contributed by atoms with Crippen LogP contribution in [0.3, 0.4) is 0 Å². The molecule has 1 fully saturated rings. The first kappa shape index (κ1) is 13.4. The minimum absolute atomic E-state index is 0.489. The van der Waals surface area contributed by atoms with Crippen molar-refractivity contribution in [2.75, 3.05) is 27.2 Å². The van der Waals surface area contributed by atoms with Crippen LogP contribution in [0.2, 0.25) is 0 Å². The fourth-order valence-electron chi connectivity index (χ4n) is 3.10. The van der Waals surface area contributed by atoms with E-state index in [2.05, 4.69) is 37.1 Å². The lowest BCUT2D eigenvalue weighted by molar-refractivity contribution is 0.311. The van der Waals surface area contributed by atoms with Crippen LogP contribution >= 0.6 is 0 Å². The summed E-state index contributed by atoms with van der Waals surface area (Å²) in [4.78, 5) is 2.42. The molecule has 0 aromatic heterocycles. The Morgan fingerprint density at radius 3 is 2.78 bits per heavy atom. The quantitative estimate of drug-likeness (QED) is 0.888. The van der Waals surface area contributed by atoms with Crippen molar-refractivity contribution >= 4 is 0 Å². The first-order chi connectivity index (χ1) is 8.71. The molecular formula is C15H24N2O. The molecule has 3 nitrogen and oxygen atoms in total. The van der Waals surface area contributed by atoms with Crippen LogP contribution in [0.1, 0.15) is 30.5 Å². The number of likely N-dealkylation sites (tertiary alicyclic amines) is 1. The Hall–Kier alpha value is -1.06. The molecular weight excluding hydrogens is 224 g/mol. The van der Waals surface area contributed by atoms with Gasteiger partial charge in [0.05, 0.1) is 7.11 Å². The van der Waals surface area contributed by atoms with Crippen molar-refractivity contribution in [2.45, 2.75) is 25.8 Å². The number of rotatable bonds is 4. The number of nitrogens with two attached hydrogens (primary N) is 1. The molecule has 0 saturated carbocycles. The van der Waals surface area contributed by atoms with Gasteiger partial charge >= 0.3 is 0 Å². The van der Waals surface area contributed by atoms with Gasteiger partial charge in [0.1, 0.15) is 5.75 Å². The second-order valence-electron chi connectivity index (χ2n) is 5.17. The minimum atomic E-state index is 0.489. The summed E-state index contributed by atoms with van der Waals surface area (Å²) in [5.74, 6) is 1.63. The Morgan fingerprint density at radius 2 is 2.22 bits per heavy atom. The molecule has 2 rings (SSSR count). The van der Waals surface area contributed by atoms with Gasteiger partial charge in [0, 0.05) is 12.6 Å². The van der Waals surface area contributed by atoms with Crippen molar-refractivity contribution in [2.24, 2.45) is 11.7 Å². The lowest BCUT2D eigenvalue weighted by Crippen LogP contribution is -2.21. The van der Waals surface area contributed by atoms with E-state index in [9.17, 15) is 0 Å². The lowest BCUT2D eigenvalue weighted by atomic mass is 9.94. The molecule has 2 unspecified atom stereocenters. The molecule has 2 N–H and O–H groups in total. The number of hydrogen-bond donors (Lipinski definition) is 1. The summed E-state index contributed by atoms with van der Waals surface area (Å²) in [6.45, 7) is 4.07. The van der Waals surface area contributed by atoms with E-state index < -0.39 is 0 Å². The van der Waals surface area contributed by atoms with Crippen molar-refractivity contribution in [1.29, 1.82) is 0 Å². The molecule has 1 aliphatic rings. The van der Waals surface area contributed by atoms with Gasteiger partial charge in [0.2, 0.25) is 0 Å². The van der Waals surface area contributed by atoms with Gasteiger partial charge in [0.15, 0.2) is 0 Å². The lowest BCUT2D eigenvalue weighted by Gasteiger charge is -2.23. The molecule has 18 heavy (non-hydrogen) atoms. The molecule has 1 saturated heterocycles. The zero-order valence-electron chi connectivity index (χ0n) is 11.6. The van der Waals surface area contributed by atoms with Gasteiger partial charge in [-0.2, -0.15) is 0 Å². The fourth-order valence-corrected chi connectivity index (χ4v) is 3.10. The topological polar surface area (TPSA) is 38.5 Å². The van der Waals surface area contributed by atoms with E-state index in [4.69, 9.17) is 10.5 Å². The number of nitrogens with zero attached hydrogens (tertiary/aromatic N) is 1. The van der Waals surface area contributed by atoms with Gasteiger partial charge in [-0.05, 0) is 49.5 Å². The first-order valence-corrected chi connectivity index (χ1v) is 6.77. The molecule has 0 amide bonds. The highest BCUT2D eigenvalue weighted by molar-refractivity contribution is 5.42.